The first-order valence-electron chi connectivity index (χ1n) is 8.28. The van der Waals surface area contributed by atoms with Crippen LogP contribution >= 0.6 is 0 Å². The molecule has 2 rings (SSSR count). The maximum atomic E-state index is 12.8. The number of nitrogens with one attached hydrogen (secondary N) is 1. The minimum atomic E-state index is 0.110. The van der Waals surface area contributed by atoms with Crippen molar-refractivity contribution in [1.29, 1.82) is 0 Å². The third-order valence-electron chi connectivity index (χ3n) is 4.23. The Bertz CT molecular complexity index is 463. The van der Waals surface area contributed by atoms with Gasteiger partial charge in [0.25, 0.3) is 5.91 Å². The highest BCUT2D eigenvalue weighted by atomic mass is 16.2. The van der Waals surface area contributed by atoms with Crippen LogP contribution in [-0.4, -0.2) is 46.3 Å². The quantitative estimate of drug-likeness (QED) is 0.873. The van der Waals surface area contributed by atoms with Crippen molar-refractivity contribution in [2.24, 2.45) is 0 Å². The summed E-state index contributed by atoms with van der Waals surface area (Å²) in [5.74, 6) is 0.110. The fourth-order valence-corrected chi connectivity index (χ4v) is 2.92. The van der Waals surface area contributed by atoms with E-state index in [-0.39, 0.29) is 5.91 Å². The average molecular weight is 292 g/mol. The minimum Gasteiger partial charge on any atom is -0.336 e. The highest BCUT2D eigenvalue weighted by Crippen LogP contribution is 2.13. The van der Waals surface area contributed by atoms with E-state index in [2.05, 4.69) is 17.3 Å². The van der Waals surface area contributed by atoms with Crippen LogP contribution in [0.4, 0.5) is 0 Å². The van der Waals surface area contributed by atoms with Gasteiger partial charge in [0.1, 0.15) is 5.69 Å². The summed E-state index contributed by atoms with van der Waals surface area (Å²) in [5, 5.41) is 8.00. The smallest absolute Gasteiger partial charge is 0.272 e. The van der Waals surface area contributed by atoms with Crippen LogP contribution in [0.5, 0.6) is 0 Å². The first-order valence-corrected chi connectivity index (χ1v) is 8.28. The molecule has 1 aromatic heterocycles. The molecule has 0 spiro atoms. The molecule has 1 fully saturated rings. The number of rotatable bonds is 6. The highest BCUT2D eigenvalue weighted by molar-refractivity contribution is 5.92. The molecule has 5 heteroatoms. The summed E-state index contributed by atoms with van der Waals surface area (Å²) >= 11 is 0. The fourth-order valence-electron chi connectivity index (χ4n) is 2.92. The van der Waals surface area contributed by atoms with Gasteiger partial charge >= 0.3 is 0 Å². The monoisotopic (exact) mass is 292 g/mol. The van der Waals surface area contributed by atoms with Crippen molar-refractivity contribution in [3.8, 4) is 0 Å². The number of carbonyl (C=O) groups is 1. The predicted octanol–water partition coefficient (Wildman–Crippen LogP) is 2.07. The maximum Gasteiger partial charge on any atom is 0.272 e. The minimum absolute atomic E-state index is 0.110. The van der Waals surface area contributed by atoms with Gasteiger partial charge in [-0.15, -0.1) is 0 Å². The number of aryl methyl sites for hydroxylation is 2. The molecule has 0 aromatic carbocycles. The Morgan fingerprint density at radius 3 is 2.81 bits per heavy atom. The molecular formula is C16H28N4O. The molecule has 5 nitrogen and oxygen atoms in total. The molecule has 1 atom stereocenters. The number of likely N-dealkylation sites (N-methyl/N-ethyl adjacent to an activating group) is 1. The molecule has 0 radical (unpaired) electrons. The van der Waals surface area contributed by atoms with Crippen molar-refractivity contribution < 1.29 is 4.79 Å². The Morgan fingerprint density at radius 2 is 2.24 bits per heavy atom. The number of carbonyl (C=O) groups excluding carboxylic acids is 1. The van der Waals surface area contributed by atoms with Crippen LogP contribution in [-0.2, 0) is 13.0 Å². The van der Waals surface area contributed by atoms with Gasteiger partial charge in [-0.3, -0.25) is 9.48 Å². The number of hydrogen-bond donors (Lipinski definition) is 1. The van der Waals surface area contributed by atoms with E-state index in [1.165, 1.54) is 12.8 Å². The number of amides is 1. The highest BCUT2D eigenvalue weighted by Gasteiger charge is 2.23. The van der Waals surface area contributed by atoms with Crippen LogP contribution in [0, 0.1) is 0 Å². The summed E-state index contributed by atoms with van der Waals surface area (Å²) in [6.45, 7) is 9.50. The van der Waals surface area contributed by atoms with Crippen LogP contribution in [0.25, 0.3) is 0 Å². The third-order valence-corrected chi connectivity index (χ3v) is 4.23. The zero-order valence-corrected chi connectivity index (χ0v) is 13.6. The standard InChI is InChI=1S/C16H28N4O/c1-4-13-11-15(20(6-3)18-13)16(21)19(5-2)12-14-9-7-8-10-17-14/h11,14,17H,4-10,12H2,1-3H3. The number of piperidine rings is 1. The van der Waals surface area contributed by atoms with Gasteiger partial charge in [-0.05, 0) is 45.7 Å². The van der Waals surface area contributed by atoms with E-state index in [4.69, 9.17) is 0 Å². The lowest BCUT2D eigenvalue weighted by Gasteiger charge is -2.30. The van der Waals surface area contributed by atoms with Crippen LogP contribution in [0.2, 0.25) is 0 Å². The maximum absolute atomic E-state index is 12.8. The van der Waals surface area contributed by atoms with Crippen LogP contribution < -0.4 is 5.32 Å². The summed E-state index contributed by atoms with van der Waals surface area (Å²) in [6, 6.07) is 2.38. The molecule has 0 aliphatic carbocycles. The molecule has 21 heavy (non-hydrogen) atoms. The largest absolute Gasteiger partial charge is 0.336 e. The predicted molar refractivity (Wildman–Crippen MR) is 84.5 cm³/mol. The molecule has 1 unspecified atom stereocenters. The van der Waals surface area contributed by atoms with E-state index in [1.54, 1.807) is 0 Å². The van der Waals surface area contributed by atoms with E-state index in [0.29, 0.717) is 6.04 Å². The summed E-state index contributed by atoms with van der Waals surface area (Å²) in [5.41, 5.74) is 1.72. The first-order chi connectivity index (χ1) is 10.2. The molecule has 1 saturated heterocycles. The van der Waals surface area contributed by atoms with Crippen molar-refractivity contribution in [2.45, 2.75) is 59.0 Å². The Balaban J connectivity index is 2.09. The fraction of sp³-hybridized carbons (Fsp3) is 0.750. The van der Waals surface area contributed by atoms with Gasteiger partial charge in [0.2, 0.25) is 0 Å². The lowest BCUT2D eigenvalue weighted by atomic mass is 10.0. The van der Waals surface area contributed by atoms with Crippen molar-refractivity contribution in [2.75, 3.05) is 19.6 Å². The van der Waals surface area contributed by atoms with Gasteiger partial charge in [-0.2, -0.15) is 5.10 Å². The molecule has 0 saturated carbocycles. The Hall–Kier alpha value is -1.36. The van der Waals surface area contributed by atoms with E-state index in [1.807, 2.05) is 29.5 Å². The van der Waals surface area contributed by atoms with E-state index in [9.17, 15) is 4.79 Å². The van der Waals surface area contributed by atoms with Crippen LogP contribution in [0.1, 0.15) is 56.2 Å². The number of hydrogen-bond acceptors (Lipinski definition) is 3. The lowest BCUT2D eigenvalue weighted by Crippen LogP contribution is -2.46. The first kappa shape index (κ1) is 16.0. The molecule has 1 amide bonds. The molecule has 1 aliphatic rings. The second-order valence-corrected chi connectivity index (χ2v) is 5.68. The van der Waals surface area contributed by atoms with Crippen molar-refractivity contribution in [3.05, 3.63) is 17.5 Å². The van der Waals surface area contributed by atoms with E-state index in [0.717, 1.165) is 50.4 Å². The Morgan fingerprint density at radius 1 is 1.43 bits per heavy atom. The second-order valence-electron chi connectivity index (χ2n) is 5.68. The second kappa shape index (κ2) is 7.59. The van der Waals surface area contributed by atoms with E-state index >= 15 is 0 Å². The van der Waals surface area contributed by atoms with Gasteiger partial charge in [-0.1, -0.05) is 13.3 Å². The van der Waals surface area contributed by atoms with Gasteiger partial charge in [-0.25, -0.2) is 0 Å². The van der Waals surface area contributed by atoms with Gasteiger partial charge in [0.15, 0.2) is 0 Å². The van der Waals surface area contributed by atoms with Crippen LogP contribution in [0.3, 0.4) is 0 Å². The SMILES string of the molecule is CCc1cc(C(=O)N(CC)CC2CCCCN2)n(CC)n1. The van der Waals surface area contributed by atoms with Gasteiger partial charge < -0.3 is 10.2 Å². The van der Waals surface area contributed by atoms with Gasteiger partial charge in [0, 0.05) is 25.7 Å². The lowest BCUT2D eigenvalue weighted by molar-refractivity contribution is 0.0729. The molecule has 118 valence electrons. The topological polar surface area (TPSA) is 50.2 Å². The number of aromatic nitrogens is 2. The Kier molecular flexibility index (Phi) is 5.79. The normalized spacial score (nSPS) is 18.7. The zero-order valence-electron chi connectivity index (χ0n) is 13.6. The summed E-state index contributed by atoms with van der Waals surface area (Å²) in [7, 11) is 0. The summed E-state index contributed by atoms with van der Waals surface area (Å²) in [4.78, 5) is 14.7. The van der Waals surface area contributed by atoms with Crippen LogP contribution in [0.15, 0.2) is 6.07 Å². The summed E-state index contributed by atoms with van der Waals surface area (Å²) < 4.78 is 1.83. The molecule has 1 aliphatic heterocycles. The average Bonchev–Trinajstić information content (AvgIpc) is 2.96. The third kappa shape index (κ3) is 3.84. The molecular weight excluding hydrogens is 264 g/mol. The molecule has 0 bridgehead atoms. The molecule has 1 aromatic rings. The molecule has 2 heterocycles. The number of nitrogens with zero attached hydrogens (tertiary/aromatic N) is 3. The Labute approximate surface area is 127 Å². The van der Waals surface area contributed by atoms with Crippen molar-refractivity contribution in [3.63, 3.8) is 0 Å². The molecule has 1 N–H and O–H groups in total. The van der Waals surface area contributed by atoms with E-state index < -0.39 is 0 Å². The zero-order chi connectivity index (χ0) is 15.2. The van der Waals surface area contributed by atoms with Crippen molar-refractivity contribution in [1.82, 2.24) is 20.0 Å². The van der Waals surface area contributed by atoms with Gasteiger partial charge in [0.05, 0.1) is 5.69 Å². The van der Waals surface area contributed by atoms with Crippen molar-refractivity contribution >= 4 is 5.91 Å². The summed E-state index contributed by atoms with van der Waals surface area (Å²) in [6.07, 6.45) is 4.54.